The predicted octanol–water partition coefficient (Wildman–Crippen LogP) is 2.09. The quantitative estimate of drug-likeness (QED) is 0.662. The lowest BCUT2D eigenvalue weighted by molar-refractivity contribution is 0.527. The third-order valence-electron chi connectivity index (χ3n) is 3.15. The van der Waals surface area contributed by atoms with Crippen LogP contribution in [0.25, 0.3) is 0 Å². The number of hydrogen-bond donors (Lipinski definition) is 2. The standard InChI is InChI=1S/C14H16FIN4O3S/c1-19(2)24(22,23)18-13-8-20(3)14(21)7-12(13)17-11-5-4-9(16)6-10(11)15/h4-8,17-18H,1-3H3. The number of rotatable bonds is 5. The summed E-state index contributed by atoms with van der Waals surface area (Å²) in [5.74, 6) is -0.510. The zero-order valence-electron chi connectivity index (χ0n) is 13.2. The number of halogens is 2. The van der Waals surface area contributed by atoms with Crippen LogP contribution in [0.5, 0.6) is 0 Å². The van der Waals surface area contributed by atoms with Crippen molar-refractivity contribution >= 4 is 49.9 Å². The van der Waals surface area contributed by atoms with Gasteiger partial charge in [0.15, 0.2) is 0 Å². The minimum atomic E-state index is -3.78. The maximum atomic E-state index is 14.0. The first-order valence-electron chi connectivity index (χ1n) is 6.73. The lowest BCUT2D eigenvalue weighted by Crippen LogP contribution is -2.30. The van der Waals surface area contributed by atoms with Crippen LogP contribution in [0.2, 0.25) is 0 Å². The molecule has 2 rings (SSSR count). The second-order valence-electron chi connectivity index (χ2n) is 5.19. The van der Waals surface area contributed by atoms with Gasteiger partial charge in [-0.2, -0.15) is 12.7 Å². The van der Waals surface area contributed by atoms with Gasteiger partial charge in [0.1, 0.15) is 5.82 Å². The minimum Gasteiger partial charge on any atom is -0.351 e. The van der Waals surface area contributed by atoms with E-state index in [1.54, 1.807) is 6.07 Å². The fraction of sp³-hybridized carbons (Fsp3) is 0.214. The summed E-state index contributed by atoms with van der Waals surface area (Å²) in [5.41, 5.74) is 0.0533. The number of hydrogen-bond acceptors (Lipinski definition) is 4. The molecule has 0 bridgehead atoms. The maximum absolute atomic E-state index is 14.0. The number of anilines is 3. The Labute approximate surface area is 152 Å². The molecular formula is C14H16FIN4O3S. The van der Waals surface area contributed by atoms with Gasteiger partial charge in [-0.25, -0.2) is 4.39 Å². The Morgan fingerprint density at radius 3 is 2.42 bits per heavy atom. The summed E-state index contributed by atoms with van der Waals surface area (Å²) >= 11 is 1.98. The number of nitrogens with one attached hydrogen (secondary N) is 2. The van der Waals surface area contributed by atoms with E-state index in [0.29, 0.717) is 3.57 Å². The molecule has 1 aromatic carbocycles. The number of aromatic nitrogens is 1. The fourth-order valence-electron chi connectivity index (χ4n) is 1.78. The molecule has 0 aliphatic heterocycles. The van der Waals surface area contributed by atoms with Gasteiger partial charge in [-0.05, 0) is 40.8 Å². The SMILES string of the molecule is CN(C)S(=O)(=O)Nc1cn(C)c(=O)cc1Nc1ccc(I)cc1F. The van der Waals surface area contributed by atoms with Crippen molar-refractivity contribution in [1.29, 1.82) is 0 Å². The molecule has 0 fully saturated rings. The van der Waals surface area contributed by atoms with Crippen molar-refractivity contribution in [3.8, 4) is 0 Å². The number of aryl methyl sites for hydroxylation is 1. The lowest BCUT2D eigenvalue weighted by Gasteiger charge is -2.18. The van der Waals surface area contributed by atoms with Crippen molar-refractivity contribution in [2.75, 3.05) is 24.1 Å². The van der Waals surface area contributed by atoms with Crippen molar-refractivity contribution in [2.24, 2.45) is 7.05 Å². The second-order valence-corrected chi connectivity index (χ2v) is 8.32. The van der Waals surface area contributed by atoms with E-state index in [1.807, 2.05) is 22.6 Å². The van der Waals surface area contributed by atoms with Crippen LogP contribution in [-0.4, -0.2) is 31.4 Å². The van der Waals surface area contributed by atoms with E-state index in [-0.39, 0.29) is 22.6 Å². The van der Waals surface area contributed by atoms with Crippen molar-refractivity contribution in [1.82, 2.24) is 8.87 Å². The fourth-order valence-corrected chi connectivity index (χ4v) is 2.86. The molecule has 0 saturated heterocycles. The molecule has 0 saturated carbocycles. The van der Waals surface area contributed by atoms with Crippen LogP contribution in [0.1, 0.15) is 0 Å². The van der Waals surface area contributed by atoms with E-state index in [4.69, 9.17) is 0 Å². The largest absolute Gasteiger partial charge is 0.351 e. The van der Waals surface area contributed by atoms with Crippen molar-refractivity contribution in [3.05, 3.63) is 50.2 Å². The smallest absolute Gasteiger partial charge is 0.301 e. The molecule has 0 aliphatic carbocycles. The van der Waals surface area contributed by atoms with Gasteiger partial charge in [0, 0.05) is 37.0 Å². The Bertz CT molecular complexity index is 928. The van der Waals surface area contributed by atoms with Gasteiger partial charge in [-0.3, -0.25) is 9.52 Å². The van der Waals surface area contributed by atoms with Gasteiger partial charge in [-0.1, -0.05) is 0 Å². The highest BCUT2D eigenvalue weighted by Crippen LogP contribution is 2.27. The molecule has 7 nitrogen and oxygen atoms in total. The summed E-state index contributed by atoms with van der Waals surface area (Å²) in [6, 6.07) is 5.73. The van der Waals surface area contributed by atoms with E-state index in [9.17, 15) is 17.6 Å². The van der Waals surface area contributed by atoms with Gasteiger partial charge in [0.05, 0.1) is 17.1 Å². The second kappa shape index (κ2) is 7.07. The molecule has 0 radical (unpaired) electrons. The van der Waals surface area contributed by atoms with Crippen LogP contribution in [0.15, 0.2) is 35.3 Å². The summed E-state index contributed by atoms with van der Waals surface area (Å²) in [7, 11) is 0.454. The first-order valence-corrected chi connectivity index (χ1v) is 9.25. The van der Waals surface area contributed by atoms with Gasteiger partial charge in [0.2, 0.25) is 0 Å². The number of nitrogens with zero attached hydrogens (tertiary/aromatic N) is 2. The Hall–Kier alpha value is -1.66. The summed E-state index contributed by atoms with van der Waals surface area (Å²) < 4.78 is 43.4. The van der Waals surface area contributed by atoms with Crippen LogP contribution in [0, 0.1) is 9.39 Å². The van der Waals surface area contributed by atoms with E-state index >= 15 is 0 Å². The molecule has 0 unspecified atom stereocenters. The third-order valence-corrected chi connectivity index (χ3v) is 5.26. The lowest BCUT2D eigenvalue weighted by atomic mass is 10.2. The zero-order chi connectivity index (χ0) is 18.1. The van der Waals surface area contributed by atoms with E-state index in [1.165, 1.54) is 50.1 Å². The van der Waals surface area contributed by atoms with Gasteiger partial charge in [0.25, 0.3) is 5.56 Å². The molecule has 0 atom stereocenters. The van der Waals surface area contributed by atoms with Crippen LogP contribution in [0.3, 0.4) is 0 Å². The molecule has 0 amide bonds. The molecule has 2 N–H and O–H groups in total. The highest BCUT2D eigenvalue weighted by molar-refractivity contribution is 14.1. The summed E-state index contributed by atoms with van der Waals surface area (Å²) in [6.07, 6.45) is 1.33. The molecule has 1 aromatic heterocycles. The van der Waals surface area contributed by atoms with Gasteiger partial charge in [-0.15, -0.1) is 0 Å². The Morgan fingerprint density at radius 1 is 1.17 bits per heavy atom. The highest BCUT2D eigenvalue weighted by Gasteiger charge is 2.17. The first-order chi connectivity index (χ1) is 11.1. The Morgan fingerprint density at radius 2 is 1.83 bits per heavy atom. The highest BCUT2D eigenvalue weighted by atomic mass is 127. The normalized spacial score (nSPS) is 11.6. The minimum absolute atomic E-state index is 0.128. The molecular weight excluding hydrogens is 450 g/mol. The summed E-state index contributed by atoms with van der Waals surface area (Å²) in [5, 5.41) is 2.76. The molecule has 0 spiro atoms. The molecule has 1 heterocycles. The monoisotopic (exact) mass is 466 g/mol. The van der Waals surface area contributed by atoms with Crippen molar-refractivity contribution < 1.29 is 12.8 Å². The van der Waals surface area contributed by atoms with E-state index in [0.717, 1.165) is 4.31 Å². The summed E-state index contributed by atoms with van der Waals surface area (Å²) in [4.78, 5) is 11.9. The molecule has 2 aromatic rings. The third kappa shape index (κ3) is 4.24. The van der Waals surface area contributed by atoms with Crippen molar-refractivity contribution in [2.45, 2.75) is 0 Å². The Kier molecular flexibility index (Phi) is 5.50. The van der Waals surface area contributed by atoms with E-state index < -0.39 is 16.0 Å². The van der Waals surface area contributed by atoms with Crippen LogP contribution >= 0.6 is 22.6 Å². The van der Waals surface area contributed by atoms with Crippen LogP contribution in [0.4, 0.5) is 21.5 Å². The van der Waals surface area contributed by atoms with Crippen molar-refractivity contribution in [3.63, 3.8) is 0 Å². The van der Waals surface area contributed by atoms with Gasteiger partial charge >= 0.3 is 10.2 Å². The Balaban J connectivity index is 2.49. The first kappa shape index (κ1) is 18.7. The van der Waals surface area contributed by atoms with Crippen LogP contribution < -0.4 is 15.6 Å². The maximum Gasteiger partial charge on any atom is 0.301 e. The number of benzene rings is 1. The average Bonchev–Trinajstić information content (AvgIpc) is 2.46. The zero-order valence-corrected chi connectivity index (χ0v) is 16.1. The molecule has 10 heteroatoms. The van der Waals surface area contributed by atoms with E-state index in [2.05, 4.69) is 10.0 Å². The van der Waals surface area contributed by atoms with Crippen LogP contribution in [-0.2, 0) is 17.3 Å². The molecule has 0 aliphatic rings. The van der Waals surface area contributed by atoms with Gasteiger partial charge < -0.3 is 9.88 Å². The molecule has 24 heavy (non-hydrogen) atoms. The summed E-state index contributed by atoms with van der Waals surface area (Å²) in [6.45, 7) is 0. The average molecular weight is 466 g/mol. The number of pyridine rings is 1. The topological polar surface area (TPSA) is 83.4 Å². The molecule has 130 valence electrons. The predicted molar refractivity (Wildman–Crippen MR) is 100 cm³/mol.